The van der Waals surface area contributed by atoms with Gasteiger partial charge >= 0.3 is 0 Å². The summed E-state index contributed by atoms with van der Waals surface area (Å²) in [7, 11) is 0. The van der Waals surface area contributed by atoms with Crippen LogP contribution in [0.5, 0.6) is 0 Å². The van der Waals surface area contributed by atoms with Crippen LogP contribution in [0, 0.1) is 13.8 Å². The van der Waals surface area contributed by atoms with Crippen molar-refractivity contribution in [2.75, 3.05) is 9.80 Å². The quantitative estimate of drug-likeness (QED) is 0.198. The monoisotopic (exact) mass is 566 g/mol. The summed E-state index contributed by atoms with van der Waals surface area (Å²) in [6, 6.07) is 53.1. The van der Waals surface area contributed by atoms with Gasteiger partial charge in [0, 0.05) is 34.1 Å². The Hall–Kier alpha value is -5.34. The van der Waals surface area contributed by atoms with Gasteiger partial charge in [0.1, 0.15) is 0 Å². The molecule has 0 spiro atoms. The Bertz CT molecular complexity index is 1860. The lowest BCUT2D eigenvalue weighted by Gasteiger charge is -2.27. The van der Waals surface area contributed by atoms with Crippen LogP contribution < -0.4 is 9.80 Å². The molecule has 0 radical (unpaired) electrons. The Kier molecular flexibility index (Phi) is 6.42. The van der Waals surface area contributed by atoms with Gasteiger partial charge in [0.05, 0.1) is 0 Å². The van der Waals surface area contributed by atoms with Gasteiger partial charge < -0.3 is 9.80 Å². The first kappa shape index (κ1) is 26.3. The molecule has 0 atom stereocenters. The molecule has 0 saturated carbocycles. The van der Waals surface area contributed by atoms with Crippen molar-refractivity contribution in [3.05, 3.63) is 179 Å². The lowest BCUT2D eigenvalue weighted by atomic mass is 9.97. The van der Waals surface area contributed by atoms with Crippen molar-refractivity contribution in [2.24, 2.45) is 0 Å². The van der Waals surface area contributed by atoms with Gasteiger partial charge in [-0.15, -0.1) is 0 Å². The van der Waals surface area contributed by atoms with Crippen molar-refractivity contribution in [1.29, 1.82) is 0 Å². The number of benzene rings is 6. The molecule has 0 unspecified atom stereocenters. The summed E-state index contributed by atoms with van der Waals surface area (Å²) < 4.78 is 0. The summed E-state index contributed by atoms with van der Waals surface area (Å²) in [5, 5.41) is 0. The summed E-state index contributed by atoms with van der Waals surface area (Å²) in [5.41, 5.74) is 18.2. The first-order valence-corrected chi connectivity index (χ1v) is 15.4. The average Bonchev–Trinajstić information content (AvgIpc) is 3.59. The van der Waals surface area contributed by atoms with Crippen LogP contribution in [0.25, 0.3) is 11.1 Å². The first-order chi connectivity index (χ1) is 21.6. The molecule has 0 heterocycles. The summed E-state index contributed by atoms with van der Waals surface area (Å²) in [4.78, 5) is 4.74. The Balaban J connectivity index is 1.12. The van der Waals surface area contributed by atoms with Crippen LogP contribution >= 0.6 is 0 Å². The van der Waals surface area contributed by atoms with Crippen LogP contribution in [0.4, 0.5) is 34.1 Å². The van der Waals surface area contributed by atoms with E-state index in [2.05, 4.69) is 169 Å². The van der Waals surface area contributed by atoms with E-state index in [9.17, 15) is 0 Å². The highest BCUT2D eigenvalue weighted by atomic mass is 15.1. The van der Waals surface area contributed by atoms with Gasteiger partial charge in [-0.2, -0.15) is 0 Å². The van der Waals surface area contributed by atoms with E-state index in [1.54, 1.807) is 0 Å². The third kappa shape index (κ3) is 4.60. The minimum absolute atomic E-state index is 0.974. The molecule has 6 aromatic rings. The van der Waals surface area contributed by atoms with Crippen molar-refractivity contribution < 1.29 is 0 Å². The standard InChI is InChI=1S/C42H34N2/c1-29-13-17-35(18-14-29)43(33-9-5-3-6-10-33)37-21-23-39-31(25-37)27-41-40-24-22-38(26-32(40)28-42(39)41)44(34-11-7-4-8-12-34)36-19-15-30(2)16-20-36/h3-26H,27-28H2,1-2H3. The van der Waals surface area contributed by atoms with Crippen LogP contribution in [0.15, 0.2) is 146 Å². The summed E-state index contributed by atoms with van der Waals surface area (Å²) in [6.45, 7) is 4.28. The van der Waals surface area contributed by atoms with Crippen LogP contribution in [-0.2, 0) is 12.8 Å². The van der Waals surface area contributed by atoms with E-state index in [1.807, 2.05) is 0 Å². The number of hydrogen-bond donors (Lipinski definition) is 0. The maximum Gasteiger partial charge on any atom is 0.0464 e. The van der Waals surface area contributed by atoms with Crippen LogP contribution in [0.3, 0.4) is 0 Å². The normalized spacial score (nSPS) is 13.0. The Morgan fingerprint density at radius 2 is 0.705 bits per heavy atom. The molecule has 8 rings (SSSR count). The molecule has 2 aliphatic carbocycles. The minimum Gasteiger partial charge on any atom is -0.310 e. The van der Waals surface area contributed by atoms with Crippen molar-refractivity contribution >= 4 is 45.3 Å². The maximum atomic E-state index is 2.41. The highest BCUT2D eigenvalue weighted by molar-refractivity contribution is 6.03. The largest absolute Gasteiger partial charge is 0.310 e. The fourth-order valence-electron chi connectivity index (χ4n) is 6.87. The van der Waals surface area contributed by atoms with E-state index in [1.165, 1.54) is 78.7 Å². The summed E-state index contributed by atoms with van der Waals surface area (Å²) >= 11 is 0. The van der Waals surface area contributed by atoms with Gasteiger partial charge in [0.25, 0.3) is 0 Å². The highest BCUT2D eigenvalue weighted by Gasteiger charge is 2.31. The van der Waals surface area contributed by atoms with Gasteiger partial charge in [0.15, 0.2) is 0 Å². The number of rotatable bonds is 6. The van der Waals surface area contributed by atoms with Gasteiger partial charge in [0.2, 0.25) is 0 Å². The highest BCUT2D eigenvalue weighted by Crippen LogP contribution is 2.49. The molecule has 0 saturated heterocycles. The smallest absolute Gasteiger partial charge is 0.0464 e. The van der Waals surface area contributed by atoms with Gasteiger partial charge in [-0.05, 0) is 133 Å². The molecule has 2 aliphatic rings. The molecule has 0 N–H and O–H groups in total. The predicted octanol–water partition coefficient (Wildman–Crippen LogP) is 11.3. The Morgan fingerprint density at radius 3 is 1.09 bits per heavy atom. The minimum atomic E-state index is 0.974. The summed E-state index contributed by atoms with van der Waals surface area (Å²) in [5.74, 6) is 0. The summed E-state index contributed by atoms with van der Waals surface area (Å²) in [6.07, 6.45) is 1.95. The zero-order valence-electron chi connectivity index (χ0n) is 25.2. The molecule has 212 valence electrons. The second-order valence-electron chi connectivity index (χ2n) is 12.0. The molecule has 44 heavy (non-hydrogen) atoms. The van der Waals surface area contributed by atoms with Crippen LogP contribution in [0.1, 0.15) is 33.4 Å². The molecule has 0 bridgehead atoms. The Morgan fingerprint density at radius 1 is 0.364 bits per heavy atom. The number of nitrogens with zero attached hydrogens (tertiary/aromatic N) is 2. The molecular formula is C42H34N2. The van der Waals surface area contributed by atoms with Crippen molar-refractivity contribution in [1.82, 2.24) is 0 Å². The molecule has 0 amide bonds. The van der Waals surface area contributed by atoms with Gasteiger partial charge in [-0.3, -0.25) is 0 Å². The van der Waals surface area contributed by atoms with Crippen molar-refractivity contribution in [3.8, 4) is 0 Å². The first-order valence-electron chi connectivity index (χ1n) is 15.4. The topological polar surface area (TPSA) is 6.48 Å². The maximum absolute atomic E-state index is 2.41. The number of aryl methyl sites for hydroxylation is 2. The SMILES string of the molecule is Cc1ccc(N(c2ccccc2)c2ccc3c(c2)CC2=C3Cc3cc(N(c4ccccc4)c4ccc(C)cc4)ccc32)cc1. The second kappa shape index (κ2) is 10.7. The van der Waals surface area contributed by atoms with E-state index < -0.39 is 0 Å². The fraction of sp³-hybridized carbons (Fsp3) is 0.0952. The van der Waals surface area contributed by atoms with E-state index in [4.69, 9.17) is 0 Å². The lowest BCUT2D eigenvalue weighted by Crippen LogP contribution is -2.11. The van der Waals surface area contributed by atoms with E-state index in [-0.39, 0.29) is 0 Å². The lowest BCUT2D eigenvalue weighted by molar-refractivity contribution is 1.21. The zero-order valence-corrected chi connectivity index (χ0v) is 25.2. The van der Waals surface area contributed by atoms with E-state index in [0.29, 0.717) is 0 Å². The number of allylic oxidation sites excluding steroid dienone is 2. The third-order valence-electron chi connectivity index (χ3n) is 9.06. The molecule has 2 heteroatoms. The second-order valence-corrected chi connectivity index (χ2v) is 12.0. The molecule has 0 aromatic heterocycles. The molecular weight excluding hydrogens is 532 g/mol. The molecule has 6 aromatic carbocycles. The average molecular weight is 567 g/mol. The number of hydrogen-bond acceptors (Lipinski definition) is 2. The van der Waals surface area contributed by atoms with E-state index >= 15 is 0 Å². The number of anilines is 6. The van der Waals surface area contributed by atoms with Crippen LogP contribution in [0.2, 0.25) is 0 Å². The number of fused-ring (bicyclic) bond motifs is 4. The predicted molar refractivity (Wildman–Crippen MR) is 186 cm³/mol. The zero-order chi connectivity index (χ0) is 29.6. The van der Waals surface area contributed by atoms with Crippen molar-refractivity contribution in [2.45, 2.75) is 26.7 Å². The van der Waals surface area contributed by atoms with Gasteiger partial charge in [-0.1, -0.05) is 83.9 Å². The third-order valence-corrected chi connectivity index (χ3v) is 9.06. The molecule has 2 nitrogen and oxygen atoms in total. The van der Waals surface area contributed by atoms with Crippen molar-refractivity contribution in [3.63, 3.8) is 0 Å². The number of para-hydroxylation sites is 2. The Labute approximate surface area is 260 Å². The van der Waals surface area contributed by atoms with Crippen LogP contribution in [-0.4, -0.2) is 0 Å². The fourth-order valence-corrected chi connectivity index (χ4v) is 6.87. The van der Waals surface area contributed by atoms with Gasteiger partial charge in [-0.25, -0.2) is 0 Å². The molecule has 0 fully saturated rings. The van der Waals surface area contributed by atoms with E-state index in [0.717, 1.165) is 12.8 Å². The molecule has 0 aliphatic heterocycles.